The molecule has 0 aliphatic heterocycles. The Kier molecular flexibility index (Phi) is 5.65. The normalized spacial score (nSPS) is 10.9. The smallest absolute Gasteiger partial charge is 0.127 e. The molecular weight excluding hydrogens is 284 g/mol. The molecule has 0 atom stereocenters. The van der Waals surface area contributed by atoms with Crippen LogP contribution >= 0.6 is 11.6 Å². The van der Waals surface area contributed by atoms with Crippen LogP contribution in [0.2, 0.25) is 5.02 Å². The largest absolute Gasteiger partial charge is 0.367 e. The lowest BCUT2D eigenvalue weighted by Gasteiger charge is -2.23. The molecule has 2 aromatic rings. The first-order valence-electron chi connectivity index (χ1n) is 7.28. The van der Waals surface area contributed by atoms with Gasteiger partial charge in [0.15, 0.2) is 0 Å². The van der Waals surface area contributed by atoms with E-state index in [1.807, 2.05) is 36.1 Å². The summed E-state index contributed by atoms with van der Waals surface area (Å²) in [5.74, 6) is 1.03. The van der Waals surface area contributed by atoms with Gasteiger partial charge in [-0.25, -0.2) is 4.98 Å². The van der Waals surface area contributed by atoms with Gasteiger partial charge in [0.2, 0.25) is 0 Å². The van der Waals surface area contributed by atoms with Gasteiger partial charge in [-0.15, -0.1) is 0 Å². The van der Waals surface area contributed by atoms with Crippen LogP contribution in [-0.4, -0.2) is 23.1 Å². The van der Waals surface area contributed by atoms with Gasteiger partial charge in [-0.1, -0.05) is 24.6 Å². The number of hydrogen-bond donors (Lipinski definition) is 1. The van der Waals surface area contributed by atoms with Crippen LogP contribution in [-0.2, 0) is 20.1 Å². The van der Waals surface area contributed by atoms with Crippen LogP contribution in [0.25, 0.3) is 0 Å². The highest BCUT2D eigenvalue weighted by molar-refractivity contribution is 6.30. The van der Waals surface area contributed by atoms with Gasteiger partial charge in [0.1, 0.15) is 5.82 Å². The van der Waals surface area contributed by atoms with Crippen molar-refractivity contribution in [3.05, 3.63) is 47.0 Å². The Morgan fingerprint density at radius 1 is 1.38 bits per heavy atom. The Hall–Kier alpha value is -1.52. The molecule has 1 aromatic carbocycles. The molecule has 0 amide bonds. The molecule has 0 unspecified atom stereocenters. The van der Waals surface area contributed by atoms with E-state index < -0.39 is 0 Å². The second-order valence-electron chi connectivity index (χ2n) is 5.26. The van der Waals surface area contributed by atoms with E-state index >= 15 is 0 Å². The van der Waals surface area contributed by atoms with Crippen LogP contribution in [0.15, 0.2) is 30.6 Å². The van der Waals surface area contributed by atoms with Crippen LogP contribution in [0, 0.1) is 0 Å². The number of benzene rings is 1. The molecule has 0 radical (unpaired) electrons. The monoisotopic (exact) mass is 306 g/mol. The number of nitrogens with one attached hydrogen (secondary N) is 1. The highest BCUT2D eigenvalue weighted by atomic mass is 35.5. The van der Waals surface area contributed by atoms with Crippen molar-refractivity contribution in [1.82, 2.24) is 14.9 Å². The van der Waals surface area contributed by atoms with Gasteiger partial charge >= 0.3 is 0 Å². The Balaban J connectivity index is 2.16. The number of anilines is 1. The average Bonchev–Trinajstić information content (AvgIpc) is 2.86. The van der Waals surface area contributed by atoms with E-state index in [9.17, 15) is 0 Å². The second-order valence-corrected chi connectivity index (χ2v) is 5.70. The Morgan fingerprint density at radius 3 is 2.86 bits per heavy atom. The molecule has 2 rings (SSSR count). The van der Waals surface area contributed by atoms with Gasteiger partial charge in [-0.3, -0.25) is 0 Å². The number of halogens is 1. The lowest BCUT2D eigenvalue weighted by molar-refractivity contribution is 0.672. The van der Waals surface area contributed by atoms with Crippen molar-refractivity contribution < 1.29 is 0 Å². The summed E-state index contributed by atoms with van der Waals surface area (Å²) in [7, 11) is 4.08. The van der Waals surface area contributed by atoms with Crippen LogP contribution in [0.3, 0.4) is 0 Å². The van der Waals surface area contributed by atoms with Crippen molar-refractivity contribution in [1.29, 1.82) is 0 Å². The molecule has 21 heavy (non-hydrogen) atoms. The first-order chi connectivity index (χ1) is 10.1. The summed E-state index contributed by atoms with van der Waals surface area (Å²) < 4.78 is 2.04. The van der Waals surface area contributed by atoms with E-state index in [1.165, 1.54) is 5.56 Å². The van der Waals surface area contributed by atoms with Gasteiger partial charge in [0.05, 0.1) is 6.54 Å². The number of nitrogens with zero attached hydrogens (tertiary/aromatic N) is 3. The zero-order chi connectivity index (χ0) is 15.2. The van der Waals surface area contributed by atoms with Crippen molar-refractivity contribution in [2.45, 2.75) is 26.4 Å². The van der Waals surface area contributed by atoms with Gasteiger partial charge in [0, 0.05) is 43.7 Å². The Labute approximate surface area is 131 Å². The standard InChI is InChI=1S/C16H23ClN4/c1-4-7-18-11-13-5-6-14(17)10-15(13)21(3)12-16-19-8-9-20(16)2/h5-6,8-10,18H,4,7,11-12H2,1-3H3. The molecule has 114 valence electrons. The zero-order valence-corrected chi connectivity index (χ0v) is 13.7. The molecule has 0 saturated carbocycles. The zero-order valence-electron chi connectivity index (χ0n) is 12.9. The molecule has 0 aliphatic carbocycles. The first kappa shape index (κ1) is 15.9. The van der Waals surface area contributed by atoms with Crippen molar-refractivity contribution in [2.75, 3.05) is 18.5 Å². The fourth-order valence-corrected chi connectivity index (χ4v) is 2.45. The maximum atomic E-state index is 6.17. The maximum absolute atomic E-state index is 6.17. The predicted molar refractivity (Wildman–Crippen MR) is 88.8 cm³/mol. The van der Waals surface area contributed by atoms with E-state index in [4.69, 9.17) is 11.6 Å². The fourth-order valence-electron chi connectivity index (χ4n) is 2.29. The average molecular weight is 307 g/mol. The van der Waals surface area contributed by atoms with Gasteiger partial charge in [-0.05, 0) is 30.7 Å². The van der Waals surface area contributed by atoms with E-state index in [-0.39, 0.29) is 0 Å². The Morgan fingerprint density at radius 2 is 2.19 bits per heavy atom. The summed E-state index contributed by atoms with van der Waals surface area (Å²) >= 11 is 6.17. The number of aromatic nitrogens is 2. The number of imidazole rings is 1. The third-order valence-corrected chi connectivity index (χ3v) is 3.74. The molecule has 5 heteroatoms. The highest BCUT2D eigenvalue weighted by Crippen LogP contribution is 2.25. The lowest BCUT2D eigenvalue weighted by Crippen LogP contribution is -2.22. The van der Waals surface area contributed by atoms with E-state index in [0.717, 1.165) is 42.6 Å². The topological polar surface area (TPSA) is 33.1 Å². The van der Waals surface area contributed by atoms with Crippen molar-refractivity contribution in [2.24, 2.45) is 7.05 Å². The molecule has 0 saturated heterocycles. The van der Waals surface area contributed by atoms with Crippen LogP contribution in [0.1, 0.15) is 24.7 Å². The SMILES string of the molecule is CCCNCc1ccc(Cl)cc1N(C)Cc1nccn1C. The fraction of sp³-hybridized carbons (Fsp3) is 0.438. The van der Waals surface area contributed by atoms with Gasteiger partial charge in [0.25, 0.3) is 0 Å². The molecule has 0 spiro atoms. The lowest BCUT2D eigenvalue weighted by atomic mass is 10.1. The molecule has 0 fully saturated rings. The minimum absolute atomic E-state index is 0.755. The van der Waals surface area contributed by atoms with Crippen molar-refractivity contribution in [3.63, 3.8) is 0 Å². The summed E-state index contributed by atoms with van der Waals surface area (Å²) in [6.45, 7) is 4.80. The molecule has 1 heterocycles. The third-order valence-electron chi connectivity index (χ3n) is 3.50. The quantitative estimate of drug-likeness (QED) is 0.797. The third kappa shape index (κ3) is 4.22. The van der Waals surface area contributed by atoms with Crippen LogP contribution < -0.4 is 10.2 Å². The van der Waals surface area contributed by atoms with Crippen molar-refractivity contribution in [3.8, 4) is 0 Å². The number of hydrogen-bond acceptors (Lipinski definition) is 3. The molecular formula is C16H23ClN4. The maximum Gasteiger partial charge on any atom is 0.127 e. The molecule has 0 bridgehead atoms. The van der Waals surface area contributed by atoms with Crippen molar-refractivity contribution >= 4 is 17.3 Å². The molecule has 0 aliphatic rings. The molecule has 4 nitrogen and oxygen atoms in total. The summed E-state index contributed by atoms with van der Waals surface area (Å²) in [6, 6.07) is 6.06. The van der Waals surface area contributed by atoms with Gasteiger partial charge in [-0.2, -0.15) is 0 Å². The summed E-state index contributed by atoms with van der Waals surface area (Å²) in [6.07, 6.45) is 4.92. The number of rotatable bonds is 7. The molecule has 1 aromatic heterocycles. The predicted octanol–water partition coefficient (Wildman–Crippen LogP) is 3.21. The summed E-state index contributed by atoms with van der Waals surface area (Å²) in [5.41, 5.74) is 2.40. The Bertz CT molecular complexity index is 579. The van der Waals surface area contributed by atoms with Crippen LogP contribution in [0.5, 0.6) is 0 Å². The minimum Gasteiger partial charge on any atom is -0.367 e. The molecule has 1 N–H and O–H groups in total. The van der Waals surface area contributed by atoms with Crippen LogP contribution in [0.4, 0.5) is 5.69 Å². The van der Waals surface area contributed by atoms with E-state index in [2.05, 4.69) is 35.2 Å². The first-order valence-corrected chi connectivity index (χ1v) is 7.66. The number of aryl methyl sites for hydroxylation is 1. The van der Waals surface area contributed by atoms with E-state index in [0.29, 0.717) is 0 Å². The second kappa shape index (κ2) is 7.48. The highest BCUT2D eigenvalue weighted by Gasteiger charge is 2.11. The summed E-state index contributed by atoms with van der Waals surface area (Å²) in [5, 5.41) is 4.21. The van der Waals surface area contributed by atoms with Gasteiger partial charge < -0.3 is 14.8 Å². The minimum atomic E-state index is 0.755. The van der Waals surface area contributed by atoms with E-state index in [1.54, 1.807) is 0 Å². The summed E-state index contributed by atoms with van der Waals surface area (Å²) in [4.78, 5) is 6.57.